The minimum absolute atomic E-state index is 0.0571. The SMILES string of the molecule is CCC[C@H](NC(=O)[C@@H]1C[C@@H](Oc2cc(-c3ccccc3)nc3cc(OC)ccc23)C=C1C(=O)N[C@@H](C(=O)NCC(=O)OCC1CCCCC1)C(C)(C)C)C(=O)OC(C)(C)C. The Bertz CT molecular complexity index is 2030. The van der Waals surface area contributed by atoms with E-state index in [1.54, 1.807) is 60.8 Å². The molecule has 5 rings (SSSR count). The predicted octanol–water partition coefficient (Wildman–Crippen LogP) is 7.00. The Morgan fingerprint density at radius 2 is 1.62 bits per heavy atom. The van der Waals surface area contributed by atoms with Gasteiger partial charge in [-0.2, -0.15) is 0 Å². The fourth-order valence-electron chi connectivity index (χ4n) is 7.58. The number of esters is 2. The number of hydrogen-bond acceptors (Lipinski definition) is 10. The van der Waals surface area contributed by atoms with Crippen LogP contribution in [0.1, 0.15) is 99.8 Å². The predicted molar refractivity (Wildman–Crippen MR) is 229 cm³/mol. The molecular weight excluding hydrogens is 765 g/mol. The molecule has 0 saturated heterocycles. The van der Waals surface area contributed by atoms with Gasteiger partial charge >= 0.3 is 11.9 Å². The Hall–Kier alpha value is -5.46. The van der Waals surface area contributed by atoms with Crippen molar-refractivity contribution in [3.05, 3.63) is 66.2 Å². The van der Waals surface area contributed by atoms with Crippen LogP contribution in [0.2, 0.25) is 0 Å². The molecule has 13 heteroatoms. The van der Waals surface area contributed by atoms with Gasteiger partial charge in [-0.1, -0.05) is 83.7 Å². The zero-order valence-corrected chi connectivity index (χ0v) is 36.4. The zero-order chi connectivity index (χ0) is 43.6. The smallest absolute Gasteiger partial charge is 0.329 e. The first kappa shape index (κ1) is 45.6. The van der Waals surface area contributed by atoms with Gasteiger partial charge in [0.1, 0.15) is 41.8 Å². The number of nitrogens with zero attached hydrogens (tertiary/aromatic N) is 1. The summed E-state index contributed by atoms with van der Waals surface area (Å²) in [4.78, 5) is 73.1. The zero-order valence-electron chi connectivity index (χ0n) is 36.4. The molecule has 3 amide bonds. The maximum atomic E-state index is 14.4. The van der Waals surface area contributed by atoms with Crippen LogP contribution in [0.3, 0.4) is 0 Å². The van der Waals surface area contributed by atoms with Crippen molar-refractivity contribution in [3.8, 4) is 22.8 Å². The molecule has 0 bridgehead atoms. The minimum atomic E-state index is -1.09. The highest BCUT2D eigenvalue weighted by molar-refractivity contribution is 6.03. The lowest BCUT2D eigenvalue weighted by Crippen LogP contribution is -2.55. The Balaban J connectivity index is 1.42. The second-order valence-corrected chi connectivity index (χ2v) is 17.9. The number of amides is 3. The van der Waals surface area contributed by atoms with Crippen molar-refractivity contribution < 1.29 is 42.9 Å². The molecular formula is C47H62N4O9. The van der Waals surface area contributed by atoms with Crippen molar-refractivity contribution >= 4 is 40.6 Å². The van der Waals surface area contributed by atoms with Crippen molar-refractivity contribution in [1.29, 1.82) is 0 Å². The van der Waals surface area contributed by atoms with E-state index in [1.165, 1.54) is 6.42 Å². The lowest BCUT2D eigenvalue weighted by Gasteiger charge is -2.31. The van der Waals surface area contributed by atoms with Crippen LogP contribution in [0.25, 0.3) is 22.2 Å². The number of methoxy groups -OCH3 is 1. The molecule has 2 aromatic carbocycles. The van der Waals surface area contributed by atoms with Crippen molar-refractivity contribution in [2.45, 2.75) is 124 Å². The average Bonchev–Trinajstić information content (AvgIpc) is 3.64. The molecule has 0 spiro atoms. The summed E-state index contributed by atoms with van der Waals surface area (Å²) in [7, 11) is 1.58. The summed E-state index contributed by atoms with van der Waals surface area (Å²) >= 11 is 0. The van der Waals surface area contributed by atoms with Gasteiger partial charge in [-0.25, -0.2) is 9.78 Å². The highest BCUT2D eigenvalue weighted by Crippen LogP contribution is 2.37. The molecule has 2 aliphatic carbocycles. The van der Waals surface area contributed by atoms with Crippen LogP contribution in [0.15, 0.2) is 66.2 Å². The number of carbonyl (C=O) groups is 5. The van der Waals surface area contributed by atoms with Gasteiger partial charge < -0.3 is 34.9 Å². The number of benzene rings is 2. The van der Waals surface area contributed by atoms with Gasteiger partial charge in [-0.05, 0) is 69.6 Å². The monoisotopic (exact) mass is 826 g/mol. The molecule has 13 nitrogen and oxygen atoms in total. The number of pyridine rings is 1. The summed E-state index contributed by atoms with van der Waals surface area (Å²) in [5, 5.41) is 9.05. The maximum Gasteiger partial charge on any atom is 0.329 e. The van der Waals surface area contributed by atoms with Crippen molar-refractivity contribution in [1.82, 2.24) is 20.9 Å². The topological polar surface area (TPSA) is 171 Å². The molecule has 1 fully saturated rings. The summed E-state index contributed by atoms with van der Waals surface area (Å²) in [5.74, 6) is -2.56. The number of ether oxygens (including phenoxy) is 4. The summed E-state index contributed by atoms with van der Waals surface area (Å²) in [6, 6.07) is 14.9. The molecule has 2 aliphatic rings. The Kier molecular flexibility index (Phi) is 15.4. The number of carbonyl (C=O) groups excluding carboxylic acids is 5. The second kappa shape index (κ2) is 20.2. The Labute approximate surface area is 353 Å². The molecule has 0 radical (unpaired) electrons. The molecule has 3 N–H and O–H groups in total. The third kappa shape index (κ3) is 12.5. The van der Waals surface area contributed by atoms with Gasteiger partial charge in [0.15, 0.2) is 0 Å². The number of hydrogen-bond donors (Lipinski definition) is 3. The highest BCUT2D eigenvalue weighted by atomic mass is 16.6. The van der Waals surface area contributed by atoms with E-state index in [-0.39, 0.29) is 18.5 Å². The number of fused-ring (bicyclic) bond motifs is 1. The van der Waals surface area contributed by atoms with Crippen molar-refractivity contribution in [3.63, 3.8) is 0 Å². The minimum Gasteiger partial charge on any atom is -0.497 e. The molecule has 60 heavy (non-hydrogen) atoms. The van der Waals surface area contributed by atoms with E-state index in [1.807, 2.05) is 55.5 Å². The lowest BCUT2D eigenvalue weighted by molar-refractivity contribution is -0.159. The Morgan fingerprint density at radius 1 is 0.900 bits per heavy atom. The van der Waals surface area contributed by atoms with Crippen LogP contribution >= 0.6 is 0 Å². The molecule has 1 saturated carbocycles. The average molecular weight is 827 g/mol. The van der Waals surface area contributed by atoms with E-state index in [4.69, 9.17) is 23.9 Å². The van der Waals surface area contributed by atoms with Gasteiger partial charge in [0, 0.05) is 35.1 Å². The summed E-state index contributed by atoms with van der Waals surface area (Å²) < 4.78 is 23.3. The third-order valence-corrected chi connectivity index (χ3v) is 10.7. The van der Waals surface area contributed by atoms with Crippen molar-refractivity contribution in [2.24, 2.45) is 17.3 Å². The van der Waals surface area contributed by atoms with Crippen LogP contribution in [-0.4, -0.2) is 78.7 Å². The summed E-state index contributed by atoms with van der Waals surface area (Å²) in [5.41, 5.74) is 0.629. The van der Waals surface area contributed by atoms with Crippen LogP contribution in [0.4, 0.5) is 0 Å². The fourth-order valence-corrected chi connectivity index (χ4v) is 7.58. The first-order chi connectivity index (χ1) is 28.4. The van der Waals surface area contributed by atoms with E-state index < -0.39 is 64.8 Å². The second-order valence-electron chi connectivity index (χ2n) is 17.9. The van der Waals surface area contributed by atoms with Crippen LogP contribution < -0.4 is 25.4 Å². The van der Waals surface area contributed by atoms with E-state index >= 15 is 0 Å². The molecule has 0 aliphatic heterocycles. The molecule has 1 aromatic heterocycles. The van der Waals surface area contributed by atoms with Gasteiger partial charge in [0.05, 0.1) is 30.8 Å². The Morgan fingerprint density at radius 3 is 2.27 bits per heavy atom. The van der Waals surface area contributed by atoms with Gasteiger partial charge in [0.25, 0.3) is 0 Å². The lowest BCUT2D eigenvalue weighted by atomic mass is 9.85. The van der Waals surface area contributed by atoms with Gasteiger partial charge in [-0.3, -0.25) is 19.2 Å². The number of nitrogens with one attached hydrogen (secondary N) is 3. The van der Waals surface area contributed by atoms with E-state index in [2.05, 4.69) is 16.0 Å². The van der Waals surface area contributed by atoms with Gasteiger partial charge in [0.2, 0.25) is 17.7 Å². The quantitative estimate of drug-likeness (QED) is 0.128. The molecule has 0 unspecified atom stereocenters. The van der Waals surface area contributed by atoms with Gasteiger partial charge in [-0.15, -0.1) is 0 Å². The molecule has 4 atom stereocenters. The largest absolute Gasteiger partial charge is 0.497 e. The summed E-state index contributed by atoms with van der Waals surface area (Å²) in [6.45, 7) is 12.5. The first-order valence-corrected chi connectivity index (χ1v) is 21.2. The standard InChI is InChI=1S/C47H62N4O9/c1-9-16-36(45(56)60-47(5,6)7)50-42(53)34-23-32(59-39-26-37(30-19-14-11-15-20-30)49-38-25-31(57-8)21-22-33(38)39)24-35(34)43(54)51-41(46(2,3)4)44(55)48-27-40(52)58-28-29-17-12-10-13-18-29/h11,14-15,19-22,24-26,29,32,34,36,41H,9-10,12-13,16-18,23,27-28H2,1-8H3,(H,48,55)(H,50,53)(H,51,54)/t32-,34-,36+,41+/m1/s1. The number of aromatic nitrogens is 1. The van der Waals surface area contributed by atoms with Crippen LogP contribution in [0.5, 0.6) is 11.5 Å². The highest BCUT2D eigenvalue weighted by Gasteiger charge is 2.41. The normalized spacial score (nSPS) is 18.1. The van der Waals surface area contributed by atoms with Crippen LogP contribution in [0, 0.1) is 17.3 Å². The fraction of sp³-hybridized carbons (Fsp3) is 0.532. The molecule has 324 valence electrons. The van der Waals surface area contributed by atoms with E-state index in [0.717, 1.165) is 31.2 Å². The maximum absolute atomic E-state index is 14.4. The van der Waals surface area contributed by atoms with Crippen LogP contribution in [-0.2, 0) is 33.4 Å². The summed E-state index contributed by atoms with van der Waals surface area (Å²) in [6.07, 6.45) is 7.25. The molecule has 1 heterocycles. The third-order valence-electron chi connectivity index (χ3n) is 10.7. The molecule has 3 aromatic rings. The first-order valence-electron chi connectivity index (χ1n) is 21.2. The number of rotatable bonds is 16. The van der Waals surface area contributed by atoms with Crippen molar-refractivity contribution in [2.75, 3.05) is 20.3 Å². The van der Waals surface area contributed by atoms with E-state index in [0.29, 0.717) is 53.5 Å². The van der Waals surface area contributed by atoms with E-state index in [9.17, 15) is 24.0 Å².